The van der Waals surface area contributed by atoms with E-state index >= 15 is 0 Å². The van der Waals surface area contributed by atoms with Crippen molar-refractivity contribution in [2.24, 2.45) is 22.7 Å². The Morgan fingerprint density at radius 2 is 1.96 bits per heavy atom. The summed E-state index contributed by atoms with van der Waals surface area (Å²) in [5, 5.41) is 0.379. The maximum Gasteiger partial charge on any atom is 0.111 e. The van der Waals surface area contributed by atoms with Gasteiger partial charge in [-0.05, 0) is 91.0 Å². The van der Waals surface area contributed by atoms with Gasteiger partial charge in [0.25, 0.3) is 0 Å². The Labute approximate surface area is 173 Å². The van der Waals surface area contributed by atoms with Crippen LogP contribution in [0, 0.1) is 22.7 Å². The van der Waals surface area contributed by atoms with Crippen LogP contribution in [0.5, 0.6) is 0 Å². The van der Waals surface area contributed by atoms with E-state index in [4.69, 9.17) is 0 Å². The Morgan fingerprint density at radius 1 is 1.18 bits per heavy atom. The average molecular weight is 372 g/mol. The summed E-state index contributed by atoms with van der Waals surface area (Å²) in [5.41, 5.74) is 6.76. The molecule has 1 heteroatoms. The van der Waals surface area contributed by atoms with Gasteiger partial charge in [0.1, 0.15) is 7.85 Å². The maximum atomic E-state index is 4.28. The summed E-state index contributed by atoms with van der Waals surface area (Å²) in [6.07, 6.45) is 22.7. The third-order valence-electron chi connectivity index (χ3n) is 9.50. The van der Waals surface area contributed by atoms with Crippen LogP contribution in [-0.2, 0) is 0 Å². The lowest BCUT2D eigenvalue weighted by Crippen LogP contribution is -2.53. The van der Waals surface area contributed by atoms with Crippen molar-refractivity contribution in [2.45, 2.75) is 71.0 Å². The number of allylic oxidation sites excluding steroid dienone is 10. The molecule has 5 atom stereocenters. The van der Waals surface area contributed by atoms with Crippen LogP contribution >= 0.6 is 0 Å². The quantitative estimate of drug-likeness (QED) is 0.373. The van der Waals surface area contributed by atoms with Gasteiger partial charge in [0.2, 0.25) is 0 Å². The summed E-state index contributed by atoms with van der Waals surface area (Å²) < 4.78 is 0. The summed E-state index contributed by atoms with van der Waals surface area (Å²) in [4.78, 5) is 0. The Morgan fingerprint density at radius 3 is 2.68 bits per heavy atom. The molecule has 28 heavy (non-hydrogen) atoms. The summed E-state index contributed by atoms with van der Waals surface area (Å²) in [6, 6.07) is 0. The first kappa shape index (κ1) is 19.8. The maximum absolute atomic E-state index is 4.28. The third-order valence-corrected chi connectivity index (χ3v) is 9.50. The highest BCUT2D eigenvalue weighted by atomic mass is 14.6. The zero-order valence-electron chi connectivity index (χ0n) is 18.5. The van der Waals surface area contributed by atoms with Gasteiger partial charge in [-0.2, -0.15) is 0 Å². The molecule has 0 saturated heterocycles. The molecule has 148 valence electrons. The van der Waals surface area contributed by atoms with Gasteiger partial charge in [-0.25, -0.2) is 0 Å². The van der Waals surface area contributed by atoms with Crippen LogP contribution in [0.25, 0.3) is 0 Å². The largest absolute Gasteiger partial charge is 0.111 e. The second-order valence-electron chi connectivity index (χ2n) is 10.4. The van der Waals surface area contributed by atoms with Crippen molar-refractivity contribution in [3.8, 4) is 0 Å². The standard InChI is InChI=1S/C27H37B/c1-6-8-9-20(7-2)22-14-17-27(28)24-11-10-21-18-19(3)12-15-25(21,4)23(24)13-16-26(22,27)5/h6-9,14,18,23-24H,1,3,10-13,15-17,28H2,2,4-5H3/b9-8-,20-7+/t23-,24-,25?,26?,27+/m0/s1. The van der Waals surface area contributed by atoms with Crippen molar-refractivity contribution in [1.82, 2.24) is 0 Å². The van der Waals surface area contributed by atoms with Crippen LogP contribution in [0.4, 0.5) is 0 Å². The van der Waals surface area contributed by atoms with Gasteiger partial charge in [0.05, 0.1) is 0 Å². The van der Waals surface area contributed by atoms with E-state index in [-0.39, 0.29) is 5.41 Å². The van der Waals surface area contributed by atoms with Crippen molar-refractivity contribution in [2.75, 3.05) is 0 Å². The molecule has 0 aliphatic heterocycles. The van der Waals surface area contributed by atoms with E-state index in [9.17, 15) is 0 Å². The van der Waals surface area contributed by atoms with Crippen LogP contribution in [0.3, 0.4) is 0 Å². The van der Waals surface area contributed by atoms with Crippen LogP contribution in [0.2, 0.25) is 5.31 Å². The molecule has 0 nitrogen and oxygen atoms in total. The van der Waals surface area contributed by atoms with E-state index in [0.717, 1.165) is 11.8 Å². The lowest BCUT2D eigenvalue weighted by molar-refractivity contribution is -0.0154. The van der Waals surface area contributed by atoms with E-state index < -0.39 is 0 Å². The molecule has 2 saturated carbocycles. The van der Waals surface area contributed by atoms with Crippen molar-refractivity contribution < 1.29 is 0 Å². The minimum atomic E-state index is 0.289. The number of hydrogen-bond acceptors (Lipinski definition) is 0. The zero-order valence-corrected chi connectivity index (χ0v) is 18.5. The molecule has 0 heterocycles. The average Bonchev–Trinajstić information content (AvgIpc) is 2.95. The molecular formula is C27H37B. The first-order valence-electron chi connectivity index (χ1n) is 11.4. The number of rotatable bonds is 3. The summed E-state index contributed by atoms with van der Waals surface area (Å²) >= 11 is 0. The van der Waals surface area contributed by atoms with Crippen LogP contribution in [0.1, 0.15) is 65.7 Å². The lowest BCUT2D eigenvalue weighted by atomic mass is 9.36. The predicted molar refractivity (Wildman–Crippen MR) is 125 cm³/mol. The van der Waals surface area contributed by atoms with E-state index in [0.29, 0.717) is 10.7 Å². The Hall–Kier alpha value is -1.50. The van der Waals surface area contributed by atoms with E-state index in [1.54, 1.807) is 11.1 Å². The molecule has 4 aliphatic rings. The topological polar surface area (TPSA) is 0 Å². The van der Waals surface area contributed by atoms with Crippen molar-refractivity contribution in [3.63, 3.8) is 0 Å². The Balaban J connectivity index is 1.70. The number of hydrogen-bond donors (Lipinski definition) is 0. The summed E-state index contributed by atoms with van der Waals surface area (Å²) in [6.45, 7) is 15.5. The second-order valence-corrected chi connectivity index (χ2v) is 10.4. The molecule has 0 radical (unpaired) electrons. The molecule has 0 amide bonds. The molecule has 0 bridgehead atoms. The fourth-order valence-corrected chi connectivity index (χ4v) is 7.53. The van der Waals surface area contributed by atoms with E-state index in [1.807, 2.05) is 6.08 Å². The van der Waals surface area contributed by atoms with Gasteiger partial charge in [-0.3, -0.25) is 0 Å². The van der Waals surface area contributed by atoms with Crippen LogP contribution in [-0.4, -0.2) is 7.85 Å². The molecule has 4 rings (SSSR count). The molecule has 0 aromatic carbocycles. The van der Waals surface area contributed by atoms with Gasteiger partial charge in [-0.15, -0.1) is 0 Å². The molecule has 2 unspecified atom stereocenters. The highest BCUT2D eigenvalue weighted by molar-refractivity contribution is 6.17. The first-order chi connectivity index (χ1) is 13.3. The smallest absolute Gasteiger partial charge is 0.0991 e. The van der Waals surface area contributed by atoms with Gasteiger partial charge in [-0.1, -0.05) is 74.6 Å². The third kappa shape index (κ3) is 2.58. The first-order valence-corrected chi connectivity index (χ1v) is 11.4. The zero-order chi connectivity index (χ0) is 20.2. The minimum absolute atomic E-state index is 0.289. The van der Waals surface area contributed by atoms with E-state index in [2.05, 4.69) is 72.2 Å². The molecule has 2 fully saturated rings. The molecule has 4 aliphatic carbocycles. The van der Waals surface area contributed by atoms with Gasteiger partial charge in [0.15, 0.2) is 0 Å². The van der Waals surface area contributed by atoms with Crippen molar-refractivity contribution >= 4 is 7.85 Å². The van der Waals surface area contributed by atoms with Crippen molar-refractivity contribution in [1.29, 1.82) is 0 Å². The number of fused-ring (bicyclic) bond motifs is 5. The predicted octanol–water partition coefficient (Wildman–Crippen LogP) is 6.91. The summed E-state index contributed by atoms with van der Waals surface area (Å²) in [5.74, 6) is 1.67. The minimum Gasteiger partial charge on any atom is -0.0991 e. The van der Waals surface area contributed by atoms with Gasteiger partial charge >= 0.3 is 0 Å². The van der Waals surface area contributed by atoms with Gasteiger partial charge in [0, 0.05) is 0 Å². The molecule has 0 N–H and O–H groups in total. The molecule has 0 spiro atoms. The van der Waals surface area contributed by atoms with Crippen LogP contribution < -0.4 is 0 Å². The van der Waals surface area contributed by atoms with Crippen molar-refractivity contribution in [3.05, 3.63) is 71.9 Å². The van der Waals surface area contributed by atoms with Gasteiger partial charge < -0.3 is 0 Å². The SMILES string of the molecule is B[C@@]12CC=C(C(/C=C\C=C)=C/C)C1(C)CC[C@H]1[C@@H]2CCC2=CC(=C)CCC21C. The van der Waals surface area contributed by atoms with Crippen LogP contribution in [0.15, 0.2) is 71.9 Å². The fourth-order valence-electron chi connectivity index (χ4n) is 7.53. The monoisotopic (exact) mass is 372 g/mol. The lowest BCUT2D eigenvalue weighted by Gasteiger charge is -2.63. The molecular weight excluding hydrogens is 335 g/mol. The highest BCUT2D eigenvalue weighted by Crippen LogP contribution is 2.74. The summed E-state index contributed by atoms with van der Waals surface area (Å²) in [7, 11) is 2.62. The normalized spacial score (nSPS) is 43.1. The van der Waals surface area contributed by atoms with E-state index in [1.165, 1.54) is 56.1 Å². The Kier molecular flexibility index (Phi) is 4.80. The molecule has 0 aromatic rings. The Bertz CT molecular complexity index is 821. The molecule has 0 aromatic heterocycles. The fraction of sp³-hybridized carbons (Fsp3) is 0.556. The highest BCUT2D eigenvalue weighted by Gasteiger charge is 2.62. The second kappa shape index (κ2) is 6.79.